The van der Waals surface area contributed by atoms with Gasteiger partial charge in [0.25, 0.3) is 0 Å². The van der Waals surface area contributed by atoms with Gasteiger partial charge >= 0.3 is 6.01 Å². The second-order valence-electron chi connectivity index (χ2n) is 13.9. The van der Waals surface area contributed by atoms with Gasteiger partial charge in [-0.05, 0) is 54.5 Å². The van der Waals surface area contributed by atoms with E-state index in [2.05, 4.69) is 20.8 Å². The maximum Gasteiger partial charge on any atom is 0.319 e. The van der Waals surface area contributed by atoms with Gasteiger partial charge in [0.15, 0.2) is 5.82 Å². The fourth-order valence-electron chi connectivity index (χ4n) is 8.96. The Morgan fingerprint density at radius 2 is 2.00 bits per heavy atom. The molecule has 0 bridgehead atoms. The molecule has 6 nitrogen and oxygen atoms in total. The Labute approximate surface area is 269 Å². The van der Waals surface area contributed by atoms with E-state index >= 15 is 8.78 Å². The number of hydrogen-bond donors (Lipinski definition) is 0. The van der Waals surface area contributed by atoms with Crippen LogP contribution < -0.4 is 9.64 Å². The Morgan fingerprint density at radius 1 is 1.13 bits per heavy atom. The SMILES string of the molecule is C#Cc1c(F)ccc2cccc(-c3ncc4c(N5CCCC[C@H]6[C@H](F)[C@H]65)nc(OCC5CN6CC(=CF)CC6C56CC6)nc4c3F)c12. The Bertz CT molecular complexity index is 2020. The van der Waals surface area contributed by atoms with Crippen LogP contribution in [0.5, 0.6) is 6.01 Å². The Kier molecular flexibility index (Phi) is 6.56. The van der Waals surface area contributed by atoms with Crippen molar-refractivity contribution >= 4 is 27.5 Å². The third-order valence-electron chi connectivity index (χ3n) is 11.5. The summed E-state index contributed by atoms with van der Waals surface area (Å²) in [6, 6.07) is 8.12. The fourth-order valence-corrected chi connectivity index (χ4v) is 8.96. The number of benzene rings is 2. The van der Waals surface area contributed by atoms with E-state index in [1.807, 2.05) is 4.90 Å². The topological polar surface area (TPSA) is 54.4 Å². The lowest BCUT2D eigenvalue weighted by Gasteiger charge is -2.25. The van der Waals surface area contributed by atoms with E-state index in [0.717, 1.165) is 57.0 Å². The summed E-state index contributed by atoms with van der Waals surface area (Å²) >= 11 is 0. The second-order valence-corrected chi connectivity index (χ2v) is 13.9. The first-order valence-corrected chi connectivity index (χ1v) is 16.5. The van der Waals surface area contributed by atoms with Crippen LogP contribution in [0.4, 0.5) is 23.4 Å². The van der Waals surface area contributed by atoms with Gasteiger partial charge in [0, 0.05) is 54.7 Å². The lowest BCUT2D eigenvalue weighted by Crippen LogP contribution is -2.30. The molecule has 1 spiro atoms. The van der Waals surface area contributed by atoms with Crippen molar-refractivity contribution in [2.75, 3.05) is 31.1 Å². The Balaban J connectivity index is 1.14. The molecular weight excluding hydrogens is 606 g/mol. The molecule has 10 heteroatoms. The van der Waals surface area contributed by atoms with Crippen LogP contribution in [0.15, 0.2) is 48.4 Å². The molecule has 2 unspecified atom stereocenters. The van der Waals surface area contributed by atoms with Gasteiger partial charge in [0.1, 0.15) is 29.0 Å². The Hall–Kier alpha value is -4.23. The zero-order valence-electron chi connectivity index (χ0n) is 25.7. The lowest BCUT2D eigenvalue weighted by molar-refractivity contribution is 0.192. The number of hydrogen-bond acceptors (Lipinski definition) is 6. The van der Waals surface area contributed by atoms with Gasteiger partial charge < -0.3 is 9.64 Å². The highest BCUT2D eigenvalue weighted by Crippen LogP contribution is 2.63. The van der Waals surface area contributed by atoms with E-state index in [1.165, 1.54) is 12.3 Å². The van der Waals surface area contributed by atoms with E-state index in [4.69, 9.17) is 16.1 Å². The molecule has 5 fully saturated rings. The highest BCUT2D eigenvalue weighted by Gasteiger charge is 2.63. The molecule has 2 aromatic carbocycles. The summed E-state index contributed by atoms with van der Waals surface area (Å²) in [6.07, 6.45) is 12.5. The number of pyridine rings is 1. The quantitative estimate of drug-likeness (QED) is 0.171. The summed E-state index contributed by atoms with van der Waals surface area (Å²) in [5.41, 5.74) is 1.29. The molecule has 0 N–H and O–H groups in total. The maximum absolute atomic E-state index is 16.8. The van der Waals surface area contributed by atoms with E-state index in [1.54, 1.807) is 24.3 Å². The molecule has 0 radical (unpaired) electrons. The van der Waals surface area contributed by atoms with Crippen LogP contribution >= 0.6 is 0 Å². The van der Waals surface area contributed by atoms with Crippen molar-refractivity contribution in [2.45, 2.75) is 56.8 Å². The van der Waals surface area contributed by atoms with Crippen LogP contribution in [0, 0.1) is 41.2 Å². The van der Waals surface area contributed by atoms with Gasteiger partial charge in [-0.2, -0.15) is 9.97 Å². The van der Waals surface area contributed by atoms with Crippen LogP contribution in [0.25, 0.3) is 32.9 Å². The first-order chi connectivity index (χ1) is 22.9. The standard InChI is InChI=1S/C37H33F4N5O/c1-2-23-27(39)10-9-21-6-5-8-24(29(21)23)32-31(41)33-26(16-42-32)35(46-13-4-3-7-25-30(40)34(25)46)44-36(43-33)47-19-22-18-45-17-20(15-38)14-28(45)37(22)11-12-37/h1,5-6,8-10,15-16,22,25,28,30,34H,3-4,7,11-14,17-19H2/t22?,25-,28?,30-,34-/m0/s1. The smallest absolute Gasteiger partial charge is 0.319 e. The van der Waals surface area contributed by atoms with Crippen molar-refractivity contribution < 1.29 is 22.3 Å². The Morgan fingerprint density at radius 3 is 2.81 bits per heavy atom. The summed E-state index contributed by atoms with van der Waals surface area (Å²) < 4.78 is 66.3. The summed E-state index contributed by atoms with van der Waals surface area (Å²) in [5, 5.41) is 1.42. The number of nitrogens with zero attached hydrogens (tertiary/aromatic N) is 5. The molecule has 0 amide bonds. The molecule has 3 saturated heterocycles. The van der Waals surface area contributed by atoms with Crippen molar-refractivity contribution in [3.05, 3.63) is 65.6 Å². The molecule has 5 aliphatic rings. The molecule has 5 heterocycles. The van der Waals surface area contributed by atoms with Crippen LogP contribution in [-0.2, 0) is 0 Å². The number of terminal acetylenes is 1. The monoisotopic (exact) mass is 639 g/mol. The number of halogens is 4. The molecule has 4 aromatic rings. The van der Waals surface area contributed by atoms with Crippen molar-refractivity contribution in [3.63, 3.8) is 0 Å². The summed E-state index contributed by atoms with van der Waals surface area (Å²) in [6.45, 7) is 2.35. The van der Waals surface area contributed by atoms with Crippen molar-refractivity contribution in [1.82, 2.24) is 19.9 Å². The van der Waals surface area contributed by atoms with Gasteiger partial charge in [0.05, 0.1) is 29.9 Å². The normalized spacial score (nSPS) is 28.4. The summed E-state index contributed by atoms with van der Waals surface area (Å²) in [7, 11) is 0. The molecule has 2 aliphatic carbocycles. The molecule has 47 heavy (non-hydrogen) atoms. The number of fused-ring (bicyclic) bond motifs is 5. The number of alkyl halides is 1. The van der Waals surface area contributed by atoms with Gasteiger partial charge in [-0.15, -0.1) is 6.42 Å². The van der Waals surface area contributed by atoms with Gasteiger partial charge in [-0.3, -0.25) is 9.88 Å². The summed E-state index contributed by atoms with van der Waals surface area (Å²) in [5.74, 6) is 1.68. The minimum Gasteiger partial charge on any atom is -0.463 e. The van der Waals surface area contributed by atoms with Crippen LogP contribution in [-0.4, -0.2) is 64.3 Å². The third-order valence-corrected chi connectivity index (χ3v) is 11.5. The number of ether oxygens (including phenoxy) is 1. The fraction of sp³-hybridized carbons (Fsp3) is 0.432. The number of anilines is 1. The molecule has 3 aliphatic heterocycles. The molecule has 2 aromatic heterocycles. The van der Waals surface area contributed by atoms with Crippen molar-refractivity contribution in [1.29, 1.82) is 0 Å². The molecule has 2 saturated carbocycles. The molecular formula is C37H33F4N5O. The van der Waals surface area contributed by atoms with Gasteiger partial charge in [-0.1, -0.05) is 36.6 Å². The lowest BCUT2D eigenvalue weighted by atomic mass is 9.85. The molecule has 5 atom stereocenters. The molecule has 9 rings (SSSR count). The average molecular weight is 640 g/mol. The zero-order chi connectivity index (χ0) is 32.0. The minimum absolute atomic E-state index is 0.00780. The predicted octanol–water partition coefficient (Wildman–Crippen LogP) is 7.15. The van der Waals surface area contributed by atoms with Gasteiger partial charge in [-0.25, -0.2) is 17.6 Å². The predicted molar refractivity (Wildman–Crippen MR) is 171 cm³/mol. The first kappa shape index (κ1) is 29.0. The van der Waals surface area contributed by atoms with E-state index in [-0.39, 0.29) is 46.1 Å². The average Bonchev–Trinajstić information content (AvgIpc) is 3.95. The van der Waals surface area contributed by atoms with Crippen LogP contribution in [0.3, 0.4) is 0 Å². The van der Waals surface area contributed by atoms with E-state index < -0.39 is 17.8 Å². The van der Waals surface area contributed by atoms with Crippen molar-refractivity contribution in [3.8, 4) is 29.6 Å². The van der Waals surface area contributed by atoms with Crippen LogP contribution in [0.2, 0.25) is 0 Å². The van der Waals surface area contributed by atoms with Crippen LogP contribution in [0.1, 0.15) is 44.1 Å². The minimum atomic E-state index is -0.973. The van der Waals surface area contributed by atoms with Crippen molar-refractivity contribution in [2.24, 2.45) is 17.3 Å². The first-order valence-electron chi connectivity index (χ1n) is 16.5. The number of aromatic nitrogens is 3. The maximum atomic E-state index is 16.8. The zero-order valence-corrected chi connectivity index (χ0v) is 25.7. The largest absolute Gasteiger partial charge is 0.463 e. The second kappa shape index (κ2) is 10.6. The summed E-state index contributed by atoms with van der Waals surface area (Å²) in [4.78, 5) is 18.2. The highest BCUT2D eigenvalue weighted by molar-refractivity contribution is 6.02. The van der Waals surface area contributed by atoms with E-state index in [9.17, 15) is 8.78 Å². The highest BCUT2D eigenvalue weighted by atomic mass is 19.1. The van der Waals surface area contributed by atoms with Gasteiger partial charge in [0.2, 0.25) is 0 Å². The number of rotatable bonds is 5. The molecule has 240 valence electrons. The van der Waals surface area contributed by atoms with E-state index in [0.29, 0.717) is 53.3 Å². The third kappa shape index (κ3) is 4.38.